The lowest BCUT2D eigenvalue weighted by molar-refractivity contribution is -0.142. The number of amides is 2. The van der Waals surface area contributed by atoms with E-state index in [2.05, 4.69) is 10.3 Å². The molecule has 0 aliphatic carbocycles. The number of piperazine rings is 1. The zero-order chi connectivity index (χ0) is 11.5. The average molecular weight is 219 g/mol. The highest BCUT2D eigenvalue weighted by Gasteiger charge is 2.28. The molecular weight excluding hydrogens is 206 g/mol. The van der Waals surface area contributed by atoms with E-state index in [-0.39, 0.29) is 30.9 Å². The van der Waals surface area contributed by atoms with Crippen molar-refractivity contribution in [3.63, 3.8) is 0 Å². The van der Waals surface area contributed by atoms with E-state index in [1.54, 1.807) is 11.1 Å². The molecule has 1 N–H and O–H groups in total. The van der Waals surface area contributed by atoms with E-state index in [0.717, 1.165) is 5.69 Å². The van der Waals surface area contributed by atoms with Crippen LogP contribution in [0, 0.1) is 0 Å². The summed E-state index contributed by atoms with van der Waals surface area (Å²) in [4.78, 5) is 28.6. The van der Waals surface area contributed by atoms with Crippen molar-refractivity contribution in [3.05, 3.63) is 30.1 Å². The molecule has 0 radical (unpaired) electrons. The molecule has 1 aromatic heterocycles. The molecule has 5 heteroatoms. The first-order valence-electron chi connectivity index (χ1n) is 5.15. The van der Waals surface area contributed by atoms with Crippen molar-refractivity contribution in [2.75, 3.05) is 13.1 Å². The summed E-state index contributed by atoms with van der Waals surface area (Å²) in [6.45, 7) is 2.06. The Bertz CT molecular complexity index is 405. The second kappa shape index (κ2) is 4.30. The van der Waals surface area contributed by atoms with E-state index in [1.807, 2.05) is 25.1 Å². The van der Waals surface area contributed by atoms with Crippen LogP contribution in [0.4, 0.5) is 0 Å². The summed E-state index contributed by atoms with van der Waals surface area (Å²) in [6.07, 6.45) is 1.68. The van der Waals surface area contributed by atoms with Crippen molar-refractivity contribution in [2.24, 2.45) is 0 Å². The zero-order valence-electron chi connectivity index (χ0n) is 9.01. The van der Waals surface area contributed by atoms with Gasteiger partial charge in [-0.1, -0.05) is 6.07 Å². The van der Waals surface area contributed by atoms with Crippen LogP contribution >= 0.6 is 0 Å². The molecule has 2 amide bonds. The quantitative estimate of drug-likeness (QED) is 0.767. The van der Waals surface area contributed by atoms with E-state index < -0.39 is 0 Å². The maximum atomic E-state index is 11.6. The smallest absolute Gasteiger partial charge is 0.242 e. The van der Waals surface area contributed by atoms with Crippen LogP contribution in [0.25, 0.3) is 0 Å². The second-order valence-electron chi connectivity index (χ2n) is 3.73. The first kappa shape index (κ1) is 10.6. The van der Waals surface area contributed by atoms with Crippen molar-refractivity contribution >= 4 is 11.8 Å². The zero-order valence-corrected chi connectivity index (χ0v) is 9.01. The number of aromatic nitrogens is 1. The summed E-state index contributed by atoms with van der Waals surface area (Å²) in [6, 6.07) is 5.37. The maximum Gasteiger partial charge on any atom is 0.242 e. The molecule has 0 bridgehead atoms. The number of pyridine rings is 1. The molecule has 1 unspecified atom stereocenters. The van der Waals surface area contributed by atoms with Crippen LogP contribution in [-0.2, 0) is 9.59 Å². The summed E-state index contributed by atoms with van der Waals surface area (Å²) in [5, 5.41) is 2.52. The van der Waals surface area contributed by atoms with Gasteiger partial charge in [-0.15, -0.1) is 0 Å². The molecular formula is C11H13N3O2. The van der Waals surface area contributed by atoms with Crippen LogP contribution in [0.15, 0.2) is 24.4 Å². The third kappa shape index (κ3) is 2.03. The highest BCUT2D eigenvalue weighted by Crippen LogP contribution is 2.18. The number of carbonyl (C=O) groups is 2. The largest absolute Gasteiger partial charge is 0.345 e. The Labute approximate surface area is 93.5 Å². The SMILES string of the molecule is CC(c1ccccn1)N1CC(=O)NCC1=O. The van der Waals surface area contributed by atoms with Gasteiger partial charge in [0.05, 0.1) is 18.3 Å². The van der Waals surface area contributed by atoms with Crippen molar-refractivity contribution < 1.29 is 9.59 Å². The molecule has 1 aliphatic heterocycles. The first-order chi connectivity index (χ1) is 7.68. The van der Waals surface area contributed by atoms with E-state index in [1.165, 1.54) is 0 Å². The number of rotatable bonds is 2. The van der Waals surface area contributed by atoms with Gasteiger partial charge in [0.15, 0.2) is 0 Å². The lowest BCUT2D eigenvalue weighted by Crippen LogP contribution is -2.52. The minimum absolute atomic E-state index is 0.0715. The Balaban J connectivity index is 2.17. The molecule has 0 aromatic carbocycles. The van der Waals surface area contributed by atoms with Gasteiger partial charge in [-0.3, -0.25) is 14.6 Å². The van der Waals surface area contributed by atoms with Gasteiger partial charge >= 0.3 is 0 Å². The van der Waals surface area contributed by atoms with Gasteiger partial charge in [-0.2, -0.15) is 0 Å². The van der Waals surface area contributed by atoms with E-state index in [9.17, 15) is 9.59 Å². The van der Waals surface area contributed by atoms with Crippen molar-refractivity contribution in [2.45, 2.75) is 13.0 Å². The molecule has 1 fully saturated rings. The summed E-state index contributed by atoms with van der Waals surface area (Å²) in [5.41, 5.74) is 0.797. The van der Waals surface area contributed by atoms with Crippen molar-refractivity contribution in [1.29, 1.82) is 0 Å². The highest BCUT2D eigenvalue weighted by atomic mass is 16.2. The Hall–Kier alpha value is -1.91. The van der Waals surface area contributed by atoms with E-state index >= 15 is 0 Å². The molecule has 1 aliphatic rings. The molecule has 2 rings (SSSR count). The summed E-state index contributed by atoms with van der Waals surface area (Å²) in [7, 11) is 0. The van der Waals surface area contributed by atoms with Crippen molar-refractivity contribution in [1.82, 2.24) is 15.2 Å². The minimum atomic E-state index is -0.167. The van der Waals surface area contributed by atoms with E-state index in [4.69, 9.17) is 0 Å². The summed E-state index contributed by atoms with van der Waals surface area (Å²) >= 11 is 0. The van der Waals surface area contributed by atoms with Gasteiger partial charge in [-0.05, 0) is 19.1 Å². The number of nitrogens with one attached hydrogen (secondary N) is 1. The predicted molar refractivity (Wildman–Crippen MR) is 57.4 cm³/mol. The third-order valence-electron chi connectivity index (χ3n) is 2.65. The van der Waals surface area contributed by atoms with Crippen molar-refractivity contribution in [3.8, 4) is 0 Å². The van der Waals surface area contributed by atoms with Crippen LogP contribution in [0.2, 0.25) is 0 Å². The third-order valence-corrected chi connectivity index (χ3v) is 2.65. The van der Waals surface area contributed by atoms with Gasteiger partial charge in [0.1, 0.15) is 6.54 Å². The molecule has 0 spiro atoms. The summed E-state index contributed by atoms with van der Waals surface area (Å²) in [5.74, 6) is -0.194. The lowest BCUT2D eigenvalue weighted by Gasteiger charge is -2.31. The fourth-order valence-electron chi connectivity index (χ4n) is 1.71. The first-order valence-corrected chi connectivity index (χ1v) is 5.15. The topological polar surface area (TPSA) is 62.3 Å². The predicted octanol–water partition coefficient (Wildman–Crippen LogP) is 0.101. The van der Waals surface area contributed by atoms with Crippen LogP contribution in [0.3, 0.4) is 0 Å². The van der Waals surface area contributed by atoms with E-state index in [0.29, 0.717) is 0 Å². The standard InChI is InChI=1S/C11H13N3O2/c1-8(9-4-2-3-5-12-9)14-7-10(15)13-6-11(14)16/h2-5,8H,6-7H2,1H3,(H,13,15). The number of hydrogen-bond acceptors (Lipinski definition) is 3. The van der Waals surface area contributed by atoms with Crippen LogP contribution in [-0.4, -0.2) is 34.8 Å². The van der Waals surface area contributed by atoms with Gasteiger partial charge < -0.3 is 10.2 Å². The maximum absolute atomic E-state index is 11.6. The Kier molecular flexibility index (Phi) is 2.85. The van der Waals surface area contributed by atoms with Crippen LogP contribution in [0.5, 0.6) is 0 Å². The number of hydrogen-bond donors (Lipinski definition) is 1. The normalized spacial score (nSPS) is 18.2. The van der Waals surface area contributed by atoms with Crippen LogP contribution in [0.1, 0.15) is 18.7 Å². The lowest BCUT2D eigenvalue weighted by atomic mass is 10.1. The molecule has 1 atom stereocenters. The number of nitrogens with zero attached hydrogens (tertiary/aromatic N) is 2. The monoisotopic (exact) mass is 219 g/mol. The van der Waals surface area contributed by atoms with Crippen LogP contribution < -0.4 is 5.32 Å². The Morgan fingerprint density at radius 2 is 2.25 bits per heavy atom. The van der Waals surface area contributed by atoms with Gasteiger partial charge in [0.25, 0.3) is 0 Å². The van der Waals surface area contributed by atoms with Gasteiger partial charge in [0.2, 0.25) is 11.8 Å². The van der Waals surface area contributed by atoms with Gasteiger partial charge in [0, 0.05) is 6.20 Å². The molecule has 16 heavy (non-hydrogen) atoms. The number of carbonyl (C=O) groups excluding carboxylic acids is 2. The molecule has 1 saturated heterocycles. The molecule has 1 aromatic rings. The molecule has 0 saturated carbocycles. The second-order valence-corrected chi connectivity index (χ2v) is 3.73. The Morgan fingerprint density at radius 3 is 2.94 bits per heavy atom. The molecule has 2 heterocycles. The fraction of sp³-hybridized carbons (Fsp3) is 0.364. The fourth-order valence-corrected chi connectivity index (χ4v) is 1.71. The molecule has 84 valence electrons. The Morgan fingerprint density at radius 1 is 1.44 bits per heavy atom. The molecule has 5 nitrogen and oxygen atoms in total. The minimum Gasteiger partial charge on any atom is -0.345 e. The highest BCUT2D eigenvalue weighted by molar-refractivity contribution is 5.92. The summed E-state index contributed by atoms with van der Waals surface area (Å²) < 4.78 is 0. The average Bonchev–Trinajstić information content (AvgIpc) is 2.32. The van der Waals surface area contributed by atoms with Gasteiger partial charge in [-0.25, -0.2) is 0 Å².